The molecule has 9 heteroatoms. The SMILES string of the molecule is Cc1cc2c(C(N)=O)cccc2n1-c1nc(NCc2ccccc2)c2ccc(NC3CCOC3)n2n1. The van der Waals surface area contributed by atoms with E-state index in [2.05, 4.69) is 22.8 Å². The smallest absolute Gasteiger partial charge is 0.254 e. The minimum absolute atomic E-state index is 0.231. The number of hydrogen-bond acceptors (Lipinski definition) is 6. The maximum atomic E-state index is 12.0. The van der Waals surface area contributed by atoms with Gasteiger partial charge in [-0.05, 0) is 49.2 Å². The molecule has 1 atom stereocenters. The molecule has 4 N–H and O–H groups in total. The first-order valence-electron chi connectivity index (χ1n) is 12.0. The second kappa shape index (κ2) is 9.01. The fourth-order valence-electron chi connectivity index (χ4n) is 4.80. The Kier molecular flexibility index (Phi) is 5.54. The minimum atomic E-state index is -0.463. The first kappa shape index (κ1) is 22.1. The number of anilines is 2. The fraction of sp³-hybridized carbons (Fsp3) is 0.222. The molecule has 3 aromatic heterocycles. The molecule has 1 aliphatic heterocycles. The summed E-state index contributed by atoms with van der Waals surface area (Å²) in [6.45, 7) is 4.01. The van der Waals surface area contributed by atoms with Gasteiger partial charge in [0.15, 0.2) is 5.82 Å². The summed E-state index contributed by atoms with van der Waals surface area (Å²) in [5, 5.41) is 12.8. The van der Waals surface area contributed by atoms with E-state index in [1.165, 1.54) is 0 Å². The van der Waals surface area contributed by atoms with Crippen LogP contribution in [-0.4, -0.2) is 44.3 Å². The lowest BCUT2D eigenvalue weighted by Gasteiger charge is -2.15. The van der Waals surface area contributed by atoms with Crippen molar-refractivity contribution in [3.8, 4) is 5.95 Å². The van der Waals surface area contributed by atoms with Crippen LogP contribution in [0.2, 0.25) is 0 Å². The van der Waals surface area contributed by atoms with Crippen molar-refractivity contribution in [2.75, 3.05) is 23.8 Å². The van der Waals surface area contributed by atoms with Crippen LogP contribution in [-0.2, 0) is 11.3 Å². The van der Waals surface area contributed by atoms with E-state index in [1.54, 1.807) is 6.07 Å². The van der Waals surface area contributed by atoms with E-state index in [1.807, 2.05) is 64.5 Å². The molecule has 0 radical (unpaired) electrons. The molecule has 1 amide bonds. The number of fused-ring (bicyclic) bond motifs is 2. The maximum absolute atomic E-state index is 12.0. The topological polar surface area (TPSA) is 112 Å². The highest BCUT2D eigenvalue weighted by molar-refractivity contribution is 6.06. The Morgan fingerprint density at radius 1 is 1.11 bits per heavy atom. The summed E-state index contributed by atoms with van der Waals surface area (Å²) in [4.78, 5) is 17.0. The molecule has 0 aliphatic carbocycles. The molecule has 4 heterocycles. The van der Waals surface area contributed by atoms with Gasteiger partial charge in [0.2, 0.25) is 5.91 Å². The minimum Gasteiger partial charge on any atom is -0.379 e. The van der Waals surface area contributed by atoms with Crippen molar-refractivity contribution in [2.24, 2.45) is 5.73 Å². The number of aromatic nitrogens is 4. The second-order valence-corrected chi connectivity index (χ2v) is 9.04. The Morgan fingerprint density at radius 2 is 1.97 bits per heavy atom. The third-order valence-electron chi connectivity index (χ3n) is 6.58. The quantitative estimate of drug-likeness (QED) is 0.325. The zero-order chi connectivity index (χ0) is 24.6. The number of nitrogens with two attached hydrogens (primary N) is 1. The van der Waals surface area contributed by atoms with Gasteiger partial charge < -0.3 is 21.1 Å². The molecule has 5 aromatic rings. The van der Waals surface area contributed by atoms with Gasteiger partial charge in [-0.1, -0.05) is 36.4 Å². The Bertz CT molecular complexity index is 1570. The molecule has 1 saturated heterocycles. The normalized spacial score (nSPS) is 15.5. The lowest BCUT2D eigenvalue weighted by Crippen LogP contribution is -2.21. The fourth-order valence-corrected chi connectivity index (χ4v) is 4.80. The summed E-state index contributed by atoms with van der Waals surface area (Å²) in [7, 11) is 0. The van der Waals surface area contributed by atoms with E-state index < -0.39 is 5.91 Å². The molecule has 0 bridgehead atoms. The number of carbonyl (C=O) groups is 1. The van der Waals surface area contributed by atoms with Gasteiger partial charge in [0, 0.05) is 29.8 Å². The van der Waals surface area contributed by atoms with E-state index in [0.717, 1.165) is 46.5 Å². The number of nitrogens with zero attached hydrogens (tertiary/aromatic N) is 4. The van der Waals surface area contributed by atoms with Gasteiger partial charge in [-0.25, -0.2) is 4.52 Å². The summed E-state index contributed by atoms with van der Waals surface area (Å²) in [5.41, 5.74) is 9.85. The first-order chi connectivity index (χ1) is 17.6. The average molecular weight is 482 g/mol. The van der Waals surface area contributed by atoms with E-state index in [0.29, 0.717) is 30.5 Å². The Hall–Kier alpha value is -4.37. The highest BCUT2D eigenvalue weighted by atomic mass is 16.5. The molecule has 9 nitrogen and oxygen atoms in total. The molecule has 2 aromatic carbocycles. The van der Waals surface area contributed by atoms with E-state index in [9.17, 15) is 4.79 Å². The van der Waals surface area contributed by atoms with Crippen molar-refractivity contribution in [2.45, 2.75) is 25.9 Å². The molecular weight excluding hydrogens is 454 g/mol. The summed E-state index contributed by atoms with van der Waals surface area (Å²) in [6.07, 6.45) is 0.946. The van der Waals surface area contributed by atoms with Crippen molar-refractivity contribution >= 4 is 34.0 Å². The first-order valence-corrected chi connectivity index (χ1v) is 12.0. The van der Waals surface area contributed by atoms with Gasteiger partial charge in [-0.3, -0.25) is 9.36 Å². The molecule has 0 saturated carbocycles. The number of aryl methyl sites for hydroxylation is 1. The van der Waals surface area contributed by atoms with E-state index in [-0.39, 0.29) is 6.04 Å². The molecule has 1 fully saturated rings. The molecule has 6 rings (SSSR count). The Morgan fingerprint density at radius 3 is 2.75 bits per heavy atom. The molecular formula is C27H27N7O2. The van der Waals surface area contributed by atoms with Crippen molar-refractivity contribution in [3.05, 3.63) is 83.6 Å². The van der Waals surface area contributed by atoms with Crippen LogP contribution < -0.4 is 16.4 Å². The number of rotatable bonds is 7. The van der Waals surface area contributed by atoms with Crippen LogP contribution in [0.1, 0.15) is 28.0 Å². The van der Waals surface area contributed by atoms with E-state index >= 15 is 0 Å². The zero-order valence-corrected chi connectivity index (χ0v) is 19.9. The van der Waals surface area contributed by atoms with Gasteiger partial charge in [0.25, 0.3) is 5.95 Å². The van der Waals surface area contributed by atoms with Crippen molar-refractivity contribution < 1.29 is 9.53 Å². The lowest BCUT2D eigenvalue weighted by molar-refractivity contribution is 0.100. The standard InChI is InChI=1S/C27H27N7O2/c1-17-14-21-20(25(28)35)8-5-9-22(21)33(17)27-31-26(29-15-18-6-3-2-4-7-18)23-10-11-24(34(23)32-27)30-19-12-13-36-16-19/h2-11,14,19,30H,12-13,15-16H2,1H3,(H2,28,35)(H,29,31,32). The number of ether oxygens (including phenoxy) is 1. The maximum Gasteiger partial charge on any atom is 0.254 e. The molecule has 182 valence electrons. The molecule has 0 spiro atoms. The van der Waals surface area contributed by atoms with Crippen LogP contribution in [0.15, 0.2) is 66.7 Å². The van der Waals surface area contributed by atoms with Crippen molar-refractivity contribution in [1.82, 2.24) is 19.2 Å². The number of primary amides is 1. The summed E-state index contributed by atoms with van der Waals surface area (Å²) < 4.78 is 9.39. The summed E-state index contributed by atoms with van der Waals surface area (Å²) in [6, 6.07) is 21.9. The third-order valence-corrected chi connectivity index (χ3v) is 6.58. The summed E-state index contributed by atoms with van der Waals surface area (Å²) in [5.74, 6) is 1.62. The monoisotopic (exact) mass is 481 g/mol. The largest absolute Gasteiger partial charge is 0.379 e. The van der Waals surface area contributed by atoms with Gasteiger partial charge in [-0.15, -0.1) is 5.10 Å². The predicted molar refractivity (Wildman–Crippen MR) is 140 cm³/mol. The van der Waals surface area contributed by atoms with Gasteiger partial charge in [0.1, 0.15) is 11.3 Å². The second-order valence-electron chi connectivity index (χ2n) is 9.04. The number of benzene rings is 2. The van der Waals surface area contributed by atoms with E-state index in [4.69, 9.17) is 20.6 Å². The lowest BCUT2D eigenvalue weighted by atomic mass is 10.1. The Balaban J connectivity index is 1.49. The van der Waals surface area contributed by atoms with Crippen LogP contribution in [0.5, 0.6) is 0 Å². The van der Waals surface area contributed by atoms with Gasteiger partial charge >= 0.3 is 0 Å². The highest BCUT2D eigenvalue weighted by Gasteiger charge is 2.20. The van der Waals surface area contributed by atoms with Gasteiger partial charge in [-0.2, -0.15) is 4.98 Å². The van der Waals surface area contributed by atoms with Crippen molar-refractivity contribution in [3.63, 3.8) is 0 Å². The summed E-state index contributed by atoms with van der Waals surface area (Å²) >= 11 is 0. The van der Waals surface area contributed by atoms with Gasteiger partial charge in [0.05, 0.1) is 18.2 Å². The molecule has 1 unspecified atom stereocenters. The Labute approximate surface area is 207 Å². The van der Waals surface area contributed by atoms with Crippen LogP contribution in [0.25, 0.3) is 22.4 Å². The predicted octanol–water partition coefficient (Wildman–Crippen LogP) is 3.89. The average Bonchev–Trinajstić information content (AvgIpc) is 3.62. The van der Waals surface area contributed by atoms with Crippen molar-refractivity contribution in [1.29, 1.82) is 0 Å². The number of carbonyl (C=O) groups excluding carboxylic acids is 1. The molecule has 1 aliphatic rings. The van der Waals surface area contributed by atoms with Crippen LogP contribution in [0.4, 0.5) is 11.6 Å². The molecule has 36 heavy (non-hydrogen) atoms. The van der Waals surface area contributed by atoms with Crippen LogP contribution in [0, 0.1) is 6.92 Å². The highest BCUT2D eigenvalue weighted by Crippen LogP contribution is 2.28. The third kappa shape index (κ3) is 3.93. The zero-order valence-electron chi connectivity index (χ0n) is 19.9. The number of hydrogen-bond donors (Lipinski definition) is 3. The van der Waals surface area contributed by atoms with Crippen LogP contribution >= 0.6 is 0 Å². The van der Waals surface area contributed by atoms with Crippen LogP contribution in [0.3, 0.4) is 0 Å². The number of nitrogens with one attached hydrogen (secondary N) is 2. The number of amides is 1.